The predicted molar refractivity (Wildman–Crippen MR) is 67.2 cm³/mol. The molecule has 0 spiro atoms. The van der Waals surface area contributed by atoms with Gasteiger partial charge in [-0.2, -0.15) is 0 Å². The van der Waals surface area contributed by atoms with E-state index in [0.717, 1.165) is 0 Å². The van der Waals surface area contributed by atoms with Crippen molar-refractivity contribution in [3.05, 3.63) is 35.6 Å². The maximum Gasteiger partial charge on any atom is 0.314 e. The van der Waals surface area contributed by atoms with Crippen LogP contribution in [0.3, 0.4) is 0 Å². The molecular weight excluding hydrogens is 249 g/mol. The van der Waals surface area contributed by atoms with Crippen LogP contribution in [-0.2, 0) is 15.0 Å². The summed E-state index contributed by atoms with van der Waals surface area (Å²) in [5.41, 5.74) is -1.01. The number of hydrogen-bond acceptors (Lipinski definition) is 2. The summed E-state index contributed by atoms with van der Waals surface area (Å²) in [6.45, 7) is 2.14. The van der Waals surface area contributed by atoms with Crippen LogP contribution >= 0.6 is 0 Å². The van der Waals surface area contributed by atoms with Crippen LogP contribution in [0.2, 0.25) is 0 Å². The number of carbonyl (C=O) groups is 2. The van der Waals surface area contributed by atoms with Crippen molar-refractivity contribution in [3.63, 3.8) is 0 Å². The number of benzene rings is 1. The van der Waals surface area contributed by atoms with E-state index in [4.69, 9.17) is 0 Å². The van der Waals surface area contributed by atoms with E-state index < -0.39 is 17.2 Å². The predicted octanol–water partition coefficient (Wildman–Crippen LogP) is 1.79. The Labute approximate surface area is 110 Å². The quantitative estimate of drug-likeness (QED) is 0.887. The van der Waals surface area contributed by atoms with Crippen molar-refractivity contribution < 1.29 is 19.1 Å². The highest BCUT2D eigenvalue weighted by atomic mass is 19.1. The van der Waals surface area contributed by atoms with Crippen molar-refractivity contribution in [2.45, 2.75) is 25.2 Å². The molecule has 1 amide bonds. The van der Waals surface area contributed by atoms with E-state index in [2.05, 4.69) is 0 Å². The average molecular weight is 265 g/mol. The van der Waals surface area contributed by atoms with Gasteiger partial charge in [-0.1, -0.05) is 18.2 Å². The second-order valence-corrected chi connectivity index (χ2v) is 4.87. The number of amides is 1. The molecule has 0 aromatic heterocycles. The van der Waals surface area contributed by atoms with Gasteiger partial charge in [-0.05, 0) is 18.9 Å². The lowest BCUT2D eigenvalue weighted by Crippen LogP contribution is -2.49. The number of carboxylic acid groups (broad SMARTS) is 1. The molecule has 0 saturated carbocycles. The van der Waals surface area contributed by atoms with Gasteiger partial charge in [0.05, 0.1) is 5.41 Å². The van der Waals surface area contributed by atoms with Gasteiger partial charge >= 0.3 is 5.97 Å². The summed E-state index contributed by atoms with van der Waals surface area (Å²) in [6, 6.07) is 5.98. The number of rotatable bonds is 2. The number of carboxylic acids is 1. The highest BCUT2D eigenvalue weighted by Gasteiger charge is 2.45. The molecule has 0 bridgehead atoms. The minimum Gasteiger partial charge on any atom is -0.481 e. The molecule has 0 aliphatic carbocycles. The smallest absolute Gasteiger partial charge is 0.314 e. The first-order valence-corrected chi connectivity index (χ1v) is 6.21. The number of aliphatic carboxylic acids is 1. The molecule has 5 heteroatoms. The fourth-order valence-corrected chi connectivity index (χ4v) is 2.65. The van der Waals surface area contributed by atoms with Gasteiger partial charge in [0.2, 0.25) is 5.91 Å². The molecule has 1 N–H and O–H groups in total. The molecule has 4 nitrogen and oxygen atoms in total. The Bertz CT molecular complexity index is 507. The highest BCUT2D eigenvalue weighted by molar-refractivity contribution is 5.82. The standard InChI is InChI=1S/C14H16FNO3/c1-10(17)16-8-6-14(7-9-16,13(18)19)11-4-2-3-5-12(11)15/h2-5H,6-9H2,1H3,(H,18,19). The normalized spacial score (nSPS) is 18.1. The van der Waals surface area contributed by atoms with Gasteiger partial charge in [0.15, 0.2) is 0 Å². The van der Waals surface area contributed by atoms with Gasteiger partial charge in [-0.15, -0.1) is 0 Å². The molecule has 1 aromatic carbocycles. The Kier molecular flexibility index (Phi) is 3.55. The lowest BCUT2D eigenvalue weighted by molar-refractivity contribution is -0.148. The first-order valence-electron chi connectivity index (χ1n) is 6.21. The Balaban J connectivity index is 2.35. The van der Waals surface area contributed by atoms with Crippen LogP contribution in [0, 0.1) is 5.82 Å². The van der Waals surface area contributed by atoms with Crippen LogP contribution in [-0.4, -0.2) is 35.0 Å². The monoisotopic (exact) mass is 265 g/mol. The number of halogens is 1. The molecule has 2 rings (SSSR count). The third kappa shape index (κ3) is 2.32. The van der Waals surface area contributed by atoms with Gasteiger partial charge < -0.3 is 10.0 Å². The Morgan fingerprint density at radius 1 is 1.26 bits per heavy atom. The summed E-state index contributed by atoms with van der Waals surface area (Å²) in [6.07, 6.45) is 0.478. The third-order valence-corrected chi connectivity index (χ3v) is 3.86. The average Bonchev–Trinajstić information content (AvgIpc) is 2.39. The fourth-order valence-electron chi connectivity index (χ4n) is 2.65. The number of piperidine rings is 1. The van der Waals surface area contributed by atoms with E-state index in [1.165, 1.54) is 19.1 Å². The van der Waals surface area contributed by atoms with Gasteiger partial charge in [-0.3, -0.25) is 9.59 Å². The maximum atomic E-state index is 13.9. The van der Waals surface area contributed by atoms with Crippen LogP contribution < -0.4 is 0 Å². The zero-order valence-corrected chi connectivity index (χ0v) is 10.7. The van der Waals surface area contributed by atoms with E-state index in [1.807, 2.05) is 0 Å². The molecule has 1 aliphatic heterocycles. The van der Waals surface area contributed by atoms with Crippen molar-refractivity contribution in [1.29, 1.82) is 0 Å². The van der Waals surface area contributed by atoms with Crippen molar-refractivity contribution in [2.75, 3.05) is 13.1 Å². The summed E-state index contributed by atoms with van der Waals surface area (Å²) in [4.78, 5) is 24.5. The molecule has 1 fully saturated rings. The number of nitrogens with zero attached hydrogens (tertiary/aromatic N) is 1. The van der Waals surface area contributed by atoms with Gasteiger partial charge in [-0.25, -0.2) is 4.39 Å². The Morgan fingerprint density at radius 3 is 2.32 bits per heavy atom. The number of likely N-dealkylation sites (tertiary alicyclic amines) is 1. The van der Waals surface area contributed by atoms with E-state index in [9.17, 15) is 19.1 Å². The van der Waals surface area contributed by atoms with Crippen molar-refractivity contribution in [1.82, 2.24) is 4.90 Å². The van der Waals surface area contributed by atoms with Gasteiger partial charge in [0.25, 0.3) is 0 Å². The zero-order valence-electron chi connectivity index (χ0n) is 10.7. The van der Waals surface area contributed by atoms with Crippen LogP contribution in [0.4, 0.5) is 4.39 Å². The molecular formula is C14H16FNO3. The molecule has 102 valence electrons. The summed E-state index contributed by atoms with van der Waals surface area (Å²) >= 11 is 0. The van der Waals surface area contributed by atoms with E-state index >= 15 is 0 Å². The molecule has 0 atom stereocenters. The lowest BCUT2D eigenvalue weighted by Gasteiger charge is -2.39. The number of carbonyl (C=O) groups excluding carboxylic acids is 1. The number of hydrogen-bond donors (Lipinski definition) is 1. The topological polar surface area (TPSA) is 57.6 Å². The van der Waals surface area contributed by atoms with Gasteiger partial charge in [0.1, 0.15) is 5.82 Å². The van der Waals surface area contributed by atoms with Crippen molar-refractivity contribution in [2.24, 2.45) is 0 Å². The summed E-state index contributed by atoms with van der Waals surface area (Å²) in [7, 11) is 0. The van der Waals surface area contributed by atoms with E-state index in [-0.39, 0.29) is 24.3 Å². The zero-order chi connectivity index (χ0) is 14.0. The molecule has 1 heterocycles. The van der Waals surface area contributed by atoms with Gasteiger partial charge in [0, 0.05) is 25.6 Å². The van der Waals surface area contributed by atoms with Crippen LogP contribution in [0.15, 0.2) is 24.3 Å². The van der Waals surface area contributed by atoms with Crippen LogP contribution in [0.1, 0.15) is 25.3 Å². The molecule has 0 unspecified atom stereocenters. The van der Waals surface area contributed by atoms with Crippen LogP contribution in [0.25, 0.3) is 0 Å². The maximum absolute atomic E-state index is 13.9. The molecule has 0 radical (unpaired) electrons. The summed E-state index contributed by atoms with van der Waals surface area (Å²) in [5.74, 6) is -1.60. The van der Waals surface area contributed by atoms with Crippen molar-refractivity contribution in [3.8, 4) is 0 Å². The minimum absolute atomic E-state index is 0.0764. The SMILES string of the molecule is CC(=O)N1CCC(C(=O)O)(c2ccccc2F)CC1. The van der Waals surface area contributed by atoms with E-state index in [1.54, 1.807) is 17.0 Å². The minimum atomic E-state index is -1.22. The molecule has 1 aliphatic rings. The highest BCUT2D eigenvalue weighted by Crippen LogP contribution is 2.37. The third-order valence-electron chi connectivity index (χ3n) is 3.86. The second kappa shape index (κ2) is 4.99. The largest absolute Gasteiger partial charge is 0.481 e. The molecule has 1 saturated heterocycles. The first kappa shape index (κ1) is 13.5. The first-order chi connectivity index (χ1) is 8.97. The summed E-state index contributed by atoms with van der Waals surface area (Å²) in [5, 5.41) is 9.52. The molecule has 19 heavy (non-hydrogen) atoms. The molecule has 1 aromatic rings. The Hall–Kier alpha value is -1.91. The lowest BCUT2D eigenvalue weighted by atomic mass is 9.72. The van der Waals surface area contributed by atoms with Crippen molar-refractivity contribution >= 4 is 11.9 Å². The summed E-state index contributed by atoms with van der Waals surface area (Å²) < 4.78 is 13.9. The van der Waals surface area contributed by atoms with Crippen LogP contribution in [0.5, 0.6) is 0 Å². The fraction of sp³-hybridized carbons (Fsp3) is 0.429. The second-order valence-electron chi connectivity index (χ2n) is 4.87. The van der Waals surface area contributed by atoms with E-state index in [0.29, 0.717) is 13.1 Å². The Morgan fingerprint density at radius 2 is 1.84 bits per heavy atom.